The Balaban J connectivity index is 2.14. The zero-order chi connectivity index (χ0) is 21.4. The minimum absolute atomic E-state index is 0.241. The number of benzene rings is 1. The monoisotopic (exact) mass is 409 g/mol. The van der Waals surface area contributed by atoms with Gasteiger partial charge < -0.3 is 25.0 Å². The minimum Gasteiger partial charge on any atom is -0.494 e. The van der Waals surface area contributed by atoms with Crippen LogP contribution in [0, 0.1) is 0 Å². The van der Waals surface area contributed by atoms with E-state index in [0.29, 0.717) is 13.0 Å². The first-order valence-electron chi connectivity index (χ1n) is 10.9. The molecule has 0 aliphatic heterocycles. The summed E-state index contributed by atoms with van der Waals surface area (Å²) in [6.07, 6.45) is 9.06. The molecule has 3 N–H and O–H groups in total. The first kappa shape index (κ1) is 25.2. The quantitative estimate of drug-likeness (QED) is 0.340. The van der Waals surface area contributed by atoms with E-state index in [1.165, 1.54) is 26.2 Å². The third-order valence-corrected chi connectivity index (χ3v) is 4.96. The molecule has 0 heterocycles. The van der Waals surface area contributed by atoms with E-state index < -0.39 is 5.54 Å². The standard InChI is InChI=1S/C23H39NO5/c1-3-4-5-9-16-28-21-11-13-22(14-12-21)29-17-10-7-6-8-15-23(18-25,19-26)24-20(2)27/h11-14,25-26H,3-10,15-19H2,1-2H3,(H,24,27). The van der Waals surface area contributed by atoms with Crippen molar-refractivity contribution in [3.8, 4) is 11.5 Å². The highest BCUT2D eigenvalue weighted by Gasteiger charge is 2.28. The first-order chi connectivity index (χ1) is 14.0. The number of aliphatic hydroxyl groups is 2. The molecular formula is C23H39NO5. The lowest BCUT2D eigenvalue weighted by Gasteiger charge is -2.30. The van der Waals surface area contributed by atoms with Gasteiger partial charge in [0, 0.05) is 6.92 Å². The molecular weight excluding hydrogens is 370 g/mol. The number of carbonyl (C=O) groups excluding carboxylic acids is 1. The first-order valence-corrected chi connectivity index (χ1v) is 10.9. The van der Waals surface area contributed by atoms with Crippen LogP contribution in [0.4, 0.5) is 0 Å². The van der Waals surface area contributed by atoms with Crippen LogP contribution in [0.3, 0.4) is 0 Å². The van der Waals surface area contributed by atoms with Crippen LogP contribution < -0.4 is 14.8 Å². The second kappa shape index (κ2) is 15.1. The molecule has 0 spiro atoms. The predicted octanol–water partition coefficient (Wildman–Crippen LogP) is 3.83. The molecule has 0 radical (unpaired) electrons. The van der Waals surface area contributed by atoms with Crippen molar-refractivity contribution in [2.75, 3.05) is 26.4 Å². The Morgan fingerprint density at radius 3 is 1.79 bits per heavy atom. The van der Waals surface area contributed by atoms with Crippen LogP contribution in [-0.2, 0) is 4.79 Å². The predicted molar refractivity (Wildman–Crippen MR) is 115 cm³/mol. The maximum Gasteiger partial charge on any atom is 0.217 e. The maximum atomic E-state index is 11.2. The van der Waals surface area contributed by atoms with E-state index in [-0.39, 0.29) is 19.1 Å². The summed E-state index contributed by atoms with van der Waals surface area (Å²) in [6, 6.07) is 7.76. The third-order valence-electron chi connectivity index (χ3n) is 4.96. The molecule has 6 nitrogen and oxygen atoms in total. The molecule has 166 valence electrons. The highest BCUT2D eigenvalue weighted by Crippen LogP contribution is 2.19. The van der Waals surface area contributed by atoms with Crippen LogP contribution in [0.2, 0.25) is 0 Å². The van der Waals surface area contributed by atoms with E-state index in [4.69, 9.17) is 9.47 Å². The lowest BCUT2D eigenvalue weighted by atomic mass is 9.93. The Hall–Kier alpha value is -1.79. The van der Waals surface area contributed by atoms with E-state index >= 15 is 0 Å². The van der Waals surface area contributed by atoms with Gasteiger partial charge in [-0.1, -0.05) is 45.4 Å². The van der Waals surface area contributed by atoms with Gasteiger partial charge in [0.1, 0.15) is 11.5 Å². The number of nitrogens with one attached hydrogen (secondary N) is 1. The zero-order valence-electron chi connectivity index (χ0n) is 18.1. The molecule has 0 saturated heterocycles. The fourth-order valence-electron chi connectivity index (χ4n) is 3.18. The average molecular weight is 410 g/mol. The molecule has 1 rings (SSSR count). The average Bonchev–Trinajstić information content (AvgIpc) is 2.72. The SMILES string of the molecule is CCCCCCOc1ccc(OCCCCCCC(CO)(CO)NC(C)=O)cc1. The van der Waals surface area contributed by atoms with Crippen molar-refractivity contribution in [1.82, 2.24) is 5.32 Å². The van der Waals surface area contributed by atoms with E-state index in [0.717, 1.165) is 50.2 Å². The number of aliphatic hydroxyl groups excluding tert-OH is 2. The fourth-order valence-corrected chi connectivity index (χ4v) is 3.18. The van der Waals surface area contributed by atoms with Crippen LogP contribution in [-0.4, -0.2) is 48.1 Å². The Kier molecular flexibility index (Phi) is 13.1. The van der Waals surface area contributed by atoms with Gasteiger partial charge in [-0.3, -0.25) is 4.79 Å². The van der Waals surface area contributed by atoms with Crippen LogP contribution >= 0.6 is 0 Å². The smallest absolute Gasteiger partial charge is 0.217 e. The van der Waals surface area contributed by atoms with Gasteiger partial charge in [-0.25, -0.2) is 0 Å². The molecule has 6 heteroatoms. The summed E-state index contributed by atoms with van der Waals surface area (Å²) in [4.78, 5) is 11.2. The van der Waals surface area contributed by atoms with Crippen LogP contribution in [0.5, 0.6) is 11.5 Å². The molecule has 0 atom stereocenters. The van der Waals surface area contributed by atoms with Crippen molar-refractivity contribution in [3.63, 3.8) is 0 Å². The minimum atomic E-state index is -0.915. The number of hydrogen-bond acceptors (Lipinski definition) is 5. The summed E-state index contributed by atoms with van der Waals surface area (Å²) in [5.41, 5.74) is -0.915. The number of carbonyl (C=O) groups is 1. The zero-order valence-corrected chi connectivity index (χ0v) is 18.1. The van der Waals surface area contributed by atoms with Gasteiger partial charge in [0.2, 0.25) is 5.91 Å². The summed E-state index contributed by atoms with van der Waals surface area (Å²) in [5.74, 6) is 1.48. The van der Waals surface area contributed by atoms with Gasteiger partial charge in [0.05, 0.1) is 32.0 Å². The number of amides is 1. The van der Waals surface area contributed by atoms with E-state index in [1.807, 2.05) is 24.3 Å². The van der Waals surface area contributed by atoms with Crippen molar-refractivity contribution >= 4 is 5.91 Å². The molecule has 0 aliphatic carbocycles. The van der Waals surface area contributed by atoms with Gasteiger partial charge in [-0.2, -0.15) is 0 Å². The number of rotatable bonds is 17. The fraction of sp³-hybridized carbons (Fsp3) is 0.696. The summed E-state index contributed by atoms with van der Waals surface area (Å²) in [7, 11) is 0. The highest BCUT2D eigenvalue weighted by atomic mass is 16.5. The molecule has 1 aromatic carbocycles. The number of unbranched alkanes of at least 4 members (excludes halogenated alkanes) is 6. The lowest BCUT2D eigenvalue weighted by Crippen LogP contribution is -2.53. The molecule has 29 heavy (non-hydrogen) atoms. The number of hydrogen-bond donors (Lipinski definition) is 3. The van der Waals surface area contributed by atoms with Crippen LogP contribution in [0.1, 0.15) is 71.6 Å². The van der Waals surface area contributed by atoms with Gasteiger partial charge in [-0.05, 0) is 43.5 Å². The molecule has 0 aliphatic rings. The van der Waals surface area contributed by atoms with Crippen LogP contribution in [0.15, 0.2) is 24.3 Å². The van der Waals surface area contributed by atoms with Gasteiger partial charge >= 0.3 is 0 Å². The van der Waals surface area contributed by atoms with E-state index in [1.54, 1.807) is 0 Å². The topological polar surface area (TPSA) is 88.0 Å². The largest absolute Gasteiger partial charge is 0.494 e. The summed E-state index contributed by atoms with van der Waals surface area (Å²) < 4.78 is 11.5. The van der Waals surface area contributed by atoms with Crippen molar-refractivity contribution in [2.45, 2.75) is 77.2 Å². The van der Waals surface area contributed by atoms with Gasteiger partial charge in [-0.15, -0.1) is 0 Å². The Labute approximate surface area is 175 Å². The number of ether oxygens (including phenoxy) is 2. The van der Waals surface area contributed by atoms with Crippen LogP contribution in [0.25, 0.3) is 0 Å². The Bertz CT molecular complexity index is 543. The molecule has 0 aromatic heterocycles. The van der Waals surface area contributed by atoms with E-state index in [9.17, 15) is 15.0 Å². The third kappa shape index (κ3) is 11.1. The Morgan fingerprint density at radius 1 is 0.862 bits per heavy atom. The molecule has 1 amide bonds. The van der Waals surface area contributed by atoms with Gasteiger partial charge in [0.15, 0.2) is 0 Å². The molecule has 0 saturated carbocycles. The second-order valence-corrected chi connectivity index (χ2v) is 7.67. The molecule has 1 aromatic rings. The molecule has 0 unspecified atom stereocenters. The molecule has 0 bridgehead atoms. The van der Waals surface area contributed by atoms with Gasteiger partial charge in [0.25, 0.3) is 0 Å². The normalized spacial score (nSPS) is 11.3. The Morgan fingerprint density at radius 2 is 1.34 bits per heavy atom. The summed E-state index contributed by atoms with van der Waals surface area (Å²) in [5, 5.41) is 21.6. The summed E-state index contributed by atoms with van der Waals surface area (Å²) in [6.45, 7) is 4.48. The molecule has 0 fully saturated rings. The summed E-state index contributed by atoms with van der Waals surface area (Å²) >= 11 is 0. The van der Waals surface area contributed by atoms with Crippen molar-refractivity contribution < 1.29 is 24.5 Å². The van der Waals surface area contributed by atoms with E-state index in [2.05, 4.69) is 12.2 Å². The maximum absolute atomic E-state index is 11.2. The van der Waals surface area contributed by atoms with Crippen molar-refractivity contribution in [1.29, 1.82) is 0 Å². The second-order valence-electron chi connectivity index (χ2n) is 7.67. The van der Waals surface area contributed by atoms with Crippen molar-refractivity contribution in [3.05, 3.63) is 24.3 Å². The highest BCUT2D eigenvalue weighted by molar-refractivity contribution is 5.73. The lowest BCUT2D eigenvalue weighted by molar-refractivity contribution is -0.122. The van der Waals surface area contributed by atoms with Crippen molar-refractivity contribution in [2.24, 2.45) is 0 Å².